The first-order chi connectivity index (χ1) is 6.55. The van der Waals surface area contributed by atoms with Crippen LogP contribution >= 0.6 is 0 Å². The van der Waals surface area contributed by atoms with E-state index in [-0.39, 0.29) is 11.5 Å². The summed E-state index contributed by atoms with van der Waals surface area (Å²) in [6.45, 7) is 10.9. The molecule has 0 saturated carbocycles. The molecule has 0 atom stereocenters. The zero-order chi connectivity index (χ0) is 12.3. The van der Waals surface area contributed by atoms with E-state index in [0.29, 0.717) is 0 Å². The third-order valence-corrected chi connectivity index (χ3v) is 1.86. The number of hydrogen-bond acceptors (Lipinski definition) is 2. The number of rotatable bonds is 2. The zero-order valence-corrected chi connectivity index (χ0v) is 10.4. The summed E-state index contributed by atoms with van der Waals surface area (Å²) >= 11 is 0. The molecule has 0 fully saturated rings. The van der Waals surface area contributed by atoms with Crippen molar-refractivity contribution in [2.45, 2.75) is 41.5 Å². The lowest BCUT2D eigenvalue weighted by Gasteiger charge is -2.34. The molecule has 0 aromatic rings. The second kappa shape index (κ2) is 4.60. The van der Waals surface area contributed by atoms with Gasteiger partial charge < -0.3 is 15.5 Å². The first-order valence-corrected chi connectivity index (χ1v) is 5.00. The minimum atomic E-state index is -0.442. The molecule has 0 saturated heterocycles. The minimum absolute atomic E-state index is 0.0829. The third kappa shape index (κ3) is 5.35. The summed E-state index contributed by atoms with van der Waals surface area (Å²) in [6.07, 6.45) is 2.42. The van der Waals surface area contributed by atoms with E-state index in [1.54, 1.807) is 0 Å². The molecular formula is C12H20NO2-3. The summed E-state index contributed by atoms with van der Waals surface area (Å²) in [5, 5.41) is 26.6. The van der Waals surface area contributed by atoms with Gasteiger partial charge in [-0.25, -0.2) is 0 Å². The highest BCUT2D eigenvalue weighted by atomic mass is 16.3. The van der Waals surface area contributed by atoms with Gasteiger partial charge in [0.05, 0.1) is 0 Å². The number of hydrogen-bond donors (Lipinski definition) is 0. The average molecular weight is 210 g/mol. The van der Waals surface area contributed by atoms with Gasteiger partial charge in [-0.3, -0.25) is 0 Å². The fraction of sp³-hybridized carbons (Fsp3) is 0.667. The average Bonchev–Trinajstić information content (AvgIpc) is 2.00. The van der Waals surface area contributed by atoms with Crippen LogP contribution in [0.5, 0.6) is 0 Å². The standard InChI is InChI=1S/C12H22NO2/c1-11(2,3)9(14)7-13-8-10(15)12(4,5)6/h7-8,14-15H,1-6H3/q-1/p-2/b9-7-,10-8-. The maximum Gasteiger partial charge on any atom is -0.0292 e. The Labute approximate surface area is 92.5 Å². The van der Waals surface area contributed by atoms with E-state index in [2.05, 4.69) is 5.32 Å². The van der Waals surface area contributed by atoms with Gasteiger partial charge in [0, 0.05) is 0 Å². The normalized spacial score (nSPS) is 15.3. The SMILES string of the molecule is CC(C)(C)/C([O-])=C/[N-]/C=C(\[O-])C(C)(C)C. The summed E-state index contributed by atoms with van der Waals surface area (Å²) in [5.74, 6) is -0.166. The molecule has 0 radical (unpaired) electrons. The molecule has 15 heavy (non-hydrogen) atoms. The Morgan fingerprint density at radius 2 is 1.07 bits per heavy atom. The van der Waals surface area contributed by atoms with E-state index in [4.69, 9.17) is 0 Å². The molecule has 0 spiro atoms. The molecule has 0 N–H and O–H groups in total. The van der Waals surface area contributed by atoms with Crippen molar-refractivity contribution in [1.29, 1.82) is 0 Å². The van der Waals surface area contributed by atoms with Gasteiger partial charge in [0.15, 0.2) is 0 Å². The fourth-order valence-electron chi connectivity index (χ4n) is 0.560. The van der Waals surface area contributed by atoms with Crippen molar-refractivity contribution >= 4 is 0 Å². The lowest BCUT2D eigenvalue weighted by atomic mass is 9.94. The molecule has 0 aromatic heterocycles. The first-order valence-electron chi connectivity index (χ1n) is 5.00. The molecule has 0 aliphatic carbocycles. The first kappa shape index (κ1) is 13.9. The van der Waals surface area contributed by atoms with Crippen LogP contribution in [0, 0.1) is 10.8 Å². The van der Waals surface area contributed by atoms with Gasteiger partial charge in [0.1, 0.15) is 0 Å². The highest BCUT2D eigenvalue weighted by Gasteiger charge is 2.06. The van der Waals surface area contributed by atoms with Gasteiger partial charge in [0.2, 0.25) is 0 Å². The fourth-order valence-corrected chi connectivity index (χ4v) is 0.560. The Hall–Kier alpha value is -1.12. The van der Waals surface area contributed by atoms with E-state index < -0.39 is 10.8 Å². The van der Waals surface area contributed by atoms with Crippen LogP contribution in [0.1, 0.15) is 41.5 Å². The quantitative estimate of drug-likeness (QED) is 0.653. The van der Waals surface area contributed by atoms with E-state index in [1.807, 2.05) is 41.5 Å². The highest BCUT2D eigenvalue weighted by Crippen LogP contribution is 2.23. The molecule has 0 amide bonds. The Bertz CT molecular complexity index is 236. The van der Waals surface area contributed by atoms with Crippen LogP contribution in [-0.4, -0.2) is 0 Å². The molecule has 3 nitrogen and oxygen atoms in total. The predicted octanol–water partition coefficient (Wildman–Crippen LogP) is 1.86. The lowest BCUT2D eigenvalue weighted by Crippen LogP contribution is -2.21. The Morgan fingerprint density at radius 1 is 0.800 bits per heavy atom. The molecule has 0 aliphatic heterocycles. The second-order valence-electron chi connectivity index (χ2n) is 5.64. The van der Waals surface area contributed by atoms with Crippen molar-refractivity contribution in [2.75, 3.05) is 0 Å². The molecule has 88 valence electrons. The van der Waals surface area contributed by atoms with E-state index >= 15 is 0 Å². The van der Waals surface area contributed by atoms with Gasteiger partial charge >= 0.3 is 0 Å². The lowest BCUT2D eigenvalue weighted by molar-refractivity contribution is -0.323. The Kier molecular flexibility index (Phi) is 4.26. The van der Waals surface area contributed by atoms with Crippen LogP contribution < -0.4 is 10.2 Å². The largest absolute Gasteiger partial charge is 0.876 e. The summed E-state index contributed by atoms with van der Waals surface area (Å²) < 4.78 is 0. The van der Waals surface area contributed by atoms with Gasteiger partial charge in [-0.05, 0) is 10.8 Å². The number of allylic oxidation sites excluding steroid dienone is 2. The molecule has 0 heterocycles. The molecule has 0 aromatic carbocycles. The maximum atomic E-state index is 11.4. The monoisotopic (exact) mass is 210 g/mol. The predicted molar refractivity (Wildman–Crippen MR) is 58.4 cm³/mol. The number of nitrogens with zero attached hydrogens (tertiary/aromatic N) is 1. The van der Waals surface area contributed by atoms with E-state index in [9.17, 15) is 10.2 Å². The highest BCUT2D eigenvalue weighted by molar-refractivity contribution is 5.19. The second-order valence-corrected chi connectivity index (χ2v) is 5.64. The van der Waals surface area contributed by atoms with Crippen molar-refractivity contribution in [2.24, 2.45) is 10.8 Å². The van der Waals surface area contributed by atoms with Crippen molar-refractivity contribution in [1.82, 2.24) is 0 Å². The summed E-state index contributed by atoms with van der Waals surface area (Å²) in [6, 6.07) is 0. The van der Waals surface area contributed by atoms with Crippen LogP contribution in [0.25, 0.3) is 5.32 Å². The van der Waals surface area contributed by atoms with E-state index in [1.165, 1.54) is 12.4 Å². The zero-order valence-electron chi connectivity index (χ0n) is 10.4. The van der Waals surface area contributed by atoms with Crippen molar-refractivity contribution in [3.05, 3.63) is 29.2 Å². The van der Waals surface area contributed by atoms with Crippen molar-refractivity contribution in [3.8, 4) is 0 Å². The third-order valence-electron chi connectivity index (χ3n) is 1.86. The van der Waals surface area contributed by atoms with E-state index in [0.717, 1.165) is 0 Å². The summed E-state index contributed by atoms with van der Waals surface area (Å²) in [7, 11) is 0. The molecule has 0 unspecified atom stereocenters. The van der Waals surface area contributed by atoms with Crippen LogP contribution in [-0.2, 0) is 0 Å². The maximum absolute atomic E-state index is 11.4. The Morgan fingerprint density at radius 3 is 1.27 bits per heavy atom. The van der Waals surface area contributed by atoms with Crippen LogP contribution in [0.15, 0.2) is 23.9 Å². The van der Waals surface area contributed by atoms with Crippen LogP contribution in [0.3, 0.4) is 0 Å². The van der Waals surface area contributed by atoms with Crippen molar-refractivity contribution < 1.29 is 10.2 Å². The minimum Gasteiger partial charge on any atom is -0.876 e. The van der Waals surface area contributed by atoms with Gasteiger partial charge in [-0.2, -0.15) is 12.4 Å². The van der Waals surface area contributed by atoms with Crippen molar-refractivity contribution in [3.63, 3.8) is 0 Å². The van der Waals surface area contributed by atoms with Gasteiger partial charge in [-0.1, -0.05) is 41.5 Å². The van der Waals surface area contributed by atoms with Gasteiger partial charge in [-0.15, -0.1) is 11.5 Å². The topological polar surface area (TPSA) is 60.2 Å². The molecule has 3 heteroatoms. The molecule has 0 rings (SSSR count). The molecular weight excluding hydrogens is 190 g/mol. The summed E-state index contributed by atoms with van der Waals surface area (Å²) in [4.78, 5) is 0. The van der Waals surface area contributed by atoms with Crippen LogP contribution in [0.2, 0.25) is 0 Å². The smallest absolute Gasteiger partial charge is 0.0292 e. The summed E-state index contributed by atoms with van der Waals surface area (Å²) in [5.41, 5.74) is -0.885. The van der Waals surface area contributed by atoms with Crippen LogP contribution in [0.4, 0.5) is 0 Å². The Balaban J connectivity index is 4.44. The molecule has 0 bridgehead atoms. The molecule has 0 aliphatic rings. The van der Waals surface area contributed by atoms with Gasteiger partial charge in [0.25, 0.3) is 0 Å².